The molecule has 2 aromatic rings. The quantitative estimate of drug-likeness (QED) is 0.179. The molecule has 0 spiro atoms. The fourth-order valence-electron chi connectivity index (χ4n) is 2.79. The van der Waals surface area contributed by atoms with Crippen LogP contribution in [0.15, 0.2) is 11.1 Å². The van der Waals surface area contributed by atoms with Crippen molar-refractivity contribution in [2.45, 2.75) is 30.6 Å². The number of carboxylic acid groups (broad SMARTS) is 1. The average molecular weight is 528 g/mol. The number of nitrogens with zero attached hydrogens (tertiary/aromatic N) is 3. The van der Waals surface area contributed by atoms with Gasteiger partial charge in [0.1, 0.15) is 24.4 Å². The number of hydrogen-bond donors (Lipinski definition) is 5. The Kier molecular flexibility index (Phi) is 7.56. The number of nitrogens with two attached hydrogens (primary N) is 1. The number of imidazole rings is 1. The molecule has 1 saturated heterocycles. The van der Waals surface area contributed by atoms with Gasteiger partial charge in [-0.15, -0.1) is 0 Å². The standard InChI is InChI=1S/C13H19N5O14P2/c14-13-16-9-6(10(22)17-13)15-3-18(9)11-8(21)7(20)5(31-11)2-30-34(27,28)32-33(25,26)29-1-4(19)12(23)24/h3-5,7-8,11,19-21H,1-2H2,(H,23,24)(H,25,26)(H,27,28)(H3,14,16,17,22)/p-3/t4-,5-,7-,8-,11-/m1/s1. The van der Waals surface area contributed by atoms with Crippen LogP contribution in [0.25, 0.3) is 11.2 Å². The molecular weight excluding hydrogens is 512 g/mol. The molecule has 1 aliphatic heterocycles. The first kappa shape index (κ1) is 26.3. The number of carboxylic acids is 1. The minimum atomic E-state index is -5.70. The molecule has 3 heterocycles. The Hall–Kier alpha value is -2.28. The minimum absolute atomic E-state index is 0.125. The number of aliphatic carboxylic acids is 1. The highest BCUT2D eigenvalue weighted by atomic mass is 31.3. The molecule has 0 amide bonds. The Labute approximate surface area is 187 Å². The maximum atomic E-state index is 11.9. The normalized spacial score (nSPS) is 27.3. The van der Waals surface area contributed by atoms with Crippen LogP contribution in [-0.4, -0.2) is 78.4 Å². The van der Waals surface area contributed by atoms with E-state index < -0.39 is 71.0 Å². The van der Waals surface area contributed by atoms with Crippen molar-refractivity contribution in [3.05, 3.63) is 16.7 Å². The Morgan fingerprint density at radius 2 is 1.94 bits per heavy atom. The molecule has 0 saturated carbocycles. The molecule has 21 heteroatoms. The number of H-pyrrole nitrogens is 1. The predicted molar refractivity (Wildman–Crippen MR) is 97.7 cm³/mol. The van der Waals surface area contributed by atoms with Crippen molar-refractivity contribution < 1.29 is 62.2 Å². The van der Waals surface area contributed by atoms with Gasteiger partial charge in [-0.2, -0.15) is 4.98 Å². The van der Waals surface area contributed by atoms with Gasteiger partial charge in [-0.3, -0.25) is 23.5 Å². The Morgan fingerprint density at radius 1 is 1.29 bits per heavy atom. The van der Waals surface area contributed by atoms with Gasteiger partial charge in [0.2, 0.25) is 5.95 Å². The summed E-state index contributed by atoms with van der Waals surface area (Å²) in [6.07, 6.45) is -7.82. The van der Waals surface area contributed by atoms with Crippen LogP contribution in [0.2, 0.25) is 0 Å². The zero-order valence-corrected chi connectivity index (χ0v) is 18.3. The number of anilines is 1. The second kappa shape index (κ2) is 9.76. The number of ether oxygens (including phenoxy) is 1. The van der Waals surface area contributed by atoms with Crippen molar-refractivity contribution in [1.29, 1.82) is 0 Å². The lowest BCUT2D eigenvalue weighted by Crippen LogP contribution is -2.38. The van der Waals surface area contributed by atoms with Crippen molar-refractivity contribution in [3.63, 3.8) is 0 Å². The number of nitrogen functional groups attached to an aromatic ring is 1. The lowest BCUT2D eigenvalue weighted by molar-refractivity contribution is -0.316. The van der Waals surface area contributed by atoms with E-state index in [1.165, 1.54) is 0 Å². The lowest BCUT2D eigenvalue weighted by Gasteiger charge is -2.31. The molecule has 6 N–H and O–H groups in total. The van der Waals surface area contributed by atoms with Gasteiger partial charge >= 0.3 is 0 Å². The number of phosphoric ester groups is 2. The summed E-state index contributed by atoms with van der Waals surface area (Å²) >= 11 is 0. The third-order valence-electron chi connectivity index (χ3n) is 4.32. The van der Waals surface area contributed by atoms with Crippen molar-refractivity contribution >= 4 is 38.7 Å². The first-order chi connectivity index (χ1) is 15.7. The molecular formula is C13H16N5O14P2-3. The molecule has 0 aliphatic carbocycles. The summed E-state index contributed by atoms with van der Waals surface area (Å²) < 4.78 is 41.7. The number of aromatic amines is 1. The van der Waals surface area contributed by atoms with Crippen LogP contribution in [0.5, 0.6) is 0 Å². The number of aromatic nitrogens is 4. The van der Waals surface area contributed by atoms with E-state index in [0.717, 1.165) is 10.9 Å². The largest absolute Gasteiger partial charge is 0.756 e. The van der Waals surface area contributed by atoms with E-state index in [1.54, 1.807) is 0 Å². The molecule has 19 nitrogen and oxygen atoms in total. The molecule has 2 aromatic heterocycles. The highest BCUT2D eigenvalue weighted by molar-refractivity contribution is 7.59. The lowest BCUT2D eigenvalue weighted by atomic mass is 10.1. The van der Waals surface area contributed by atoms with Gasteiger partial charge in [0.25, 0.3) is 21.2 Å². The topological polar surface area (TPSA) is 308 Å². The zero-order chi connectivity index (χ0) is 25.4. The van der Waals surface area contributed by atoms with Crippen LogP contribution < -0.4 is 26.2 Å². The third kappa shape index (κ3) is 5.85. The number of aliphatic hydroxyl groups is 3. The van der Waals surface area contributed by atoms with Crippen LogP contribution in [0, 0.1) is 0 Å². The molecule has 3 rings (SSSR count). The summed E-state index contributed by atoms with van der Waals surface area (Å²) in [5.41, 5.74) is 4.48. The Bertz CT molecular complexity index is 1220. The molecule has 0 radical (unpaired) electrons. The van der Waals surface area contributed by atoms with Crippen LogP contribution in [-0.2, 0) is 32.0 Å². The van der Waals surface area contributed by atoms with E-state index in [1.807, 2.05) is 0 Å². The number of fused-ring (bicyclic) bond motifs is 1. The molecule has 1 aliphatic rings. The SMILES string of the molecule is Nc1nc2c(ncn2[C@@H]2O[C@H](COP(=O)([O-])OP(=O)([O-])OC[C@@H](O)C(=O)[O-])[C@@H](O)[C@H]2O)c(=O)[nH]1. The van der Waals surface area contributed by atoms with Crippen molar-refractivity contribution in [3.8, 4) is 0 Å². The fourth-order valence-corrected chi connectivity index (χ4v) is 4.80. The number of rotatable bonds is 10. The number of phosphoric acid groups is 2. The van der Waals surface area contributed by atoms with E-state index in [-0.39, 0.29) is 17.1 Å². The molecule has 0 bridgehead atoms. The van der Waals surface area contributed by atoms with Gasteiger partial charge in [-0.05, 0) is 0 Å². The van der Waals surface area contributed by atoms with Crippen molar-refractivity contribution in [2.75, 3.05) is 18.9 Å². The van der Waals surface area contributed by atoms with Gasteiger partial charge < -0.3 is 54.5 Å². The maximum Gasteiger partial charge on any atom is 0.280 e. The van der Waals surface area contributed by atoms with E-state index >= 15 is 0 Å². The van der Waals surface area contributed by atoms with Gasteiger partial charge in [-0.1, -0.05) is 0 Å². The molecule has 190 valence electrons. The van der Waals surface area contributed by atoms with Crippen LogP contribution in [0.3, 0.4) is 0 Å². The van der Waals surface area contributed by atoms with Gasteiger partial charge in [-0.25, -0.2) is 9.29 Å². The van der Waals surface area contributed by atoms with Crippen molar-refractivity contribution in [2.24, 2.45) is 0 Å². The minimum Gasteiger partial charge on any atom is -0.756 e. The maximum absolute atomic E-state index is 11.9. The average Bonchev–Trinajstić information content (AvgIpc) is 3.25. The summed E-state index contributed by atoms with van der Waals surface area (Å²) in [4.78, 5) is 55.3. The molecule has 34 heavy (non-hydrogen) atoms. The number of hydrogen-bond acceptors (Lipinski definition) is 17. The zero-order valence-electron chi connectivity index (χ0n) is 16.5. The summed E-state index contributed by atoms with van der Waals surface area (Å²) in [7, 11) is -11.4. The Balaban J connectivity index is 1.66. The molecule has 2 unspecified atom stereocenters. The van der Waals surface area contributed by atoms with E-state index in [9.17, 15) is 43.8 Å². The summed E-state index contributed by atoms with van der Waals surface area (Å²) in [6, 6.07) is 0. The monoisotopic (exact) mass is 528 g/mol. The number of carbonyl (C=O) groups is 1. The smallest absolute Gasteiger partial charge is 0.280 e. The highest BCUT2D eigenvalue weighted by Gasteiger charge is 2.45. The molecule has 1 fully saturated rings. The summed E-state index contributed by atoms with van der Waals surface area (Å²) in [5.74, 6) is -2.37. The predicted octanol–water partition coefficient (Wildman–Crippen LogP) is -5.58. The number of nitrogens with one attached hydrogen (secondary N) is 1. The van der Waals surface area contributed by atoms with Crippen LogP contribution >= 0.6 is 15.6 Å². The Morgan fingerprint density at radius 3 is 2.59 bits per heavy atom. The molecule has 0 aromatic carbocycles. The summed E-state index contributed by atoms with van der Waals surface area (Å²) in [5, 5.41) is 39.7. The number of aliphatic hydroxyl groups excluding tert-OH is 3. The first-order valence-electron chi connectivity index (χ1n) is 8.96. The highest BCUT2D eigenvalue weighted by Crippen LogP contribution is 2.55. The van der Waals surface area contributed by atoms with Gasteiger partial charge in [0.05, 0.1) is 25.5 Å². The van der Waals surface area contributed by atoms with Crippen LogP contribution in [0.4, 0.5) is 5.95 Å². The van der Waals surface area contributed by atoms with E-state index in [0.29, 0.717) is 0 Å². The second-order valence-electron chi connectivity index (χ2n) is 6.72. The second-order valence-corrected chi connectivity index (χ2v) is 9.68. The number of carbonyl (C=O) groups excluding carboxylic acids is 1. The van der Waals surface area contributed by atoms with Gasteiger partial charge in [0, 0.05) is 0 Å². The van der Waals surface area contributed by atoms with Crippen molar-refractivity contribution in [1.82, 2.24) is 19.5 Å². The van der Waals surface area contributed by atoms with Gasteiger partial charge in [0.15, 0.2) is 17.4 Å². The van der Waals surface area contributed by atoms with E-state index in [2.05, 4.69) is 28.3 Å². The van der Waals surface area contributed by atoms with Crippen LogP contribution in [0.1, 0.15) is 6.23 Å². The first-order valence-corrected chi connectivity index (χ1v) is 11.9. The summed E-state index contributed by atoms with van der Waals surface area (Å²) in [6.45, 7) is -2.46. The third-order valence-corrected chi connectivity index (χ3v) is 6.85. The fraction of sp³-hybridized carbons (Fsp3) is 0.538. The molecule has 7 atom stereocenters. The van der Waals surface area contributed by atoms with E-state index in [4.69, 9.17) is 15.6 Å².